The Morgan fingerprint density at radius 1 is 1.26 bits per heavy atom. The highest BCUT2D eigenvalue weighted by Gasteiger charge is 2.24. The van der Waals surface area contributed by atoms with Gasteiger partial charge in [0, 0.05) is 12.0 Å². The van der Waals surface area contributed by atoms with E-state index in [4.69, 9.17) is 5.73 Å². The summed E-state index contributed by atoms with van der Waals surface area (Å²) in [7, 11) is 0. The number of nitrogens with one attached hydrogen (secondary N) is 1. The van der Waals surface area contributed by atoms with Crippen LogP contribution in [-0.2, 0) is 5.11 Å². The quantitative estimate of drug-likeness (QED) is 0.843. The summed E-state index contributed by atoms with van der Waals surface area (Å²) < 4.78 is 2.00. The van der Waals surface area contributed by atoms with Crippen LogP contribution < -0.4 is 11.1 Å². The smallest absolute Gasteiger partial charge is 0.224 e. The van der Waals surface area contributed by atoms with Crippen molar-refractivity contribution in [3.05, 3.63) is 18.5 Å². The topological polar surface area (TPSA) is 102 Å². The van der Waals surface area contributed by atoms with E-state index in [9.17, 15) is 5.11 Å². The predicted octanol–water partition coefficient (Wildman–Crippen LogP) is 2.31. The average molecular weight is 313 g/mol. The van der Waals surface area contributed by atoms with Gasteiger partial charge in [-0.05, 0) is 19.3 Å². The van der Waals surface area contributed by atoms with Crippen LogP contribution >= 0.6 is 0 Å². The molecule has 4 rings (SSSR count). The van der Waals surface area contributed by atoms with Crippen LogP contribution in [0, 0.1) is 5.92 Å². The summed E-state index contributed by atoms with van der Waals surface area (Å²) in [5.74, 6) is 1.07. The van der Waals surface area contributed by atoms with Gasteiger partial charge < -0.3 is 15.6 Å². The number of imidazole rings is 1. The molecule has 121 valence electrons. The van der Waals surface area contributed by atoms with Crippen molar-refractivity contribution in [1.82, 2.24) is 19.5 Å². The molecule has 0 amide bonds. The molecule has 0 bridgehead atoms. The number of aromatic nitrogens is 4. The Hall–Kier alpha value is -2.15. The van der Waals surface area contributed by atoms with E-state index >= 15 is 0 Å². The Labute approximate surface area is 134 Å². The minimum absolute atomic E-state index is 0.0781. The number of fused-ring (bicyclic) bond motifs is 1. The normalized spacial score (nSPS) is 24.7. The molecule has 23 heavy (non-hydrogen) atoms. The summed E-state index contributed by atoms with van der Waals surface area (Å²) in [4.78, 5) is 13.2. The number of rotatable bonds is 4. The van der Waals surface area contributed by atoms with Crippen molar-refractivity contribution in [3.8, 4) is 0 Å². The van der Waals surface area contributed by atoms with Crippen LogP contribution in [0.5, 0.6) is 0 Å². The number of nitrogens with zero attached hydrogens (tertiary/aromatic N) is 4. The SMILES string of the molecule is Nc1nc(NC2CCCC2)c2ncn([C@H]3C=C[C@@H](C[O])C3)c2n1. The van der Waals surface area contributed by atoms with Gasteiger partial charge in [-0.15, -0.1) is 0 Å². The van der Waals surface area contributed by atoms with E-state index in [1.165, 1.54) is 12.8 Å². The van der Waals surface area contributed by atoms with E-state index < -0.39 is 0 Å². The fraction of sp³-hybridized carbons (Fsp3) is 0.562. The second-order valence-electron chi connectivity index (χ2n) is 6.49. The zero-order valence-corrected chi connectivity index (χ0v) is 13.0. The lowest BCUT2D eigenvalue weighted by molar-refractivity contribution is 0.158. The van der Waals surface area contributed by atoms with Gasteiger partial charge in [0.25, 0.3) is 0 Å². The molecule has 0 spiro atoms. The molecule has 0 aliphatic heterocycles. The first-order valence-corrected chi connectivity index (χ1v) is 8.27. The minimum Gasteiger partial charge on any atom is -0.368 e. The maximum absolute atomic E-state index is 11.1. The molecule has 7 nitrogen and oxygen atoms in total. The number of nitrogens with two attached hydrogens (primary N) is 1. The van der Waals surface area contributed by atoms with E-state index in [-0.39, 0.29) is 24.5 Å². The highest BCUT2D eigenvalue weighted by Crippen LogP contribution is 2.32. The molecule has 2 heterocycles. The summed E-state index contributed by atoms with van der Waals surface area (Å²) in [5, 5.41) is 14.6. The fourth-order valence-corrected chi connectivity index (χ4v) is 3.62. The molecule has 3 N–H and O–H groups in total. The van der Waals surface area contributed by atoms with E-state index in [0.717, 1.165) is 36.2 Å². The molecule has 0 saturated heterocycles. The molecule has 1 saturated carbocycles. The van der Waals surface area contributed by atoms with Gasteiger partial charge in [0.15, 0.2) is 17.0 Å². The lowest BCUT2D eigenvalue weighted by Crippen LogP contribution is -2.17. The largest absolute Gasteiger partial charge is 0.368 e. The molecule has 2 aromatic rings. The van der Waals surface area contributed by atoms with Gasteiger partial charge in [-0.25, -0.2) is 10.1 Å². The van der Waals surface area contributed by atoms with Crippen molar-refractivity contribution >= 4 is 22.9 Å². The number of nitrogen functional groups attached to an aromatic ring is 1. The monoisotopic (exact) mass is 313 g/mol. The predicted molar refractivity (Wildman–Crippen MR) is 87.5 cm³/mol. The lowest BCUT2D eigenvalue weighted by Gasteiger charge is -2.15. The van der Waals surface area contributed by atoms with Crippen LogP contribution in [0.1, 0.15) is 38.1 Å². The van der Waals surface area contributed by atoms with Crippen molar-refractivity contribution in [1.29, 1.82) is 0 Å². The Bertz CT molecular complexity index is 733. The van der Waals surface area contributed by atoms with Crippen molar-refractivity contribution in [2.24, 2.45) is 5.92 Å². The maximum atomic E-state index is 11.1. The van der Waals surface area contributed by atoms with Crippen LogP contribution in [-0.4, -0.2) is 32.2 Å². The highest BCUT2D eigenvalue weighted by molar-refractivity contribution is 5.84. The molecule has 2 aliphatic rings. The van der Waals surface area contributed by atoms with Gasteiger partial charge in [0.05, 0.1) is 19.0 Å². The van der Waals surface area contributed by atoms with Crippen LogP contribution in [0.4, 0.5) is 11.8 Å². The van der Waals surface area contributed by atoms with Gasteiger partial charge in [-0.3, -0.25) is 0 Å². The van der Waals surface area contributed by atoms with Gasteiger partial charge >= 0.3 is 0 Å². The Kier molecular flexibility index (Phi) is 3.65. The van der Waals surface area contributed by atoms with E-state index in [0.29, 0.717) is 6.04 Å². The Morgan fingerprint density at radius 2 is 2.09 bits per heavy atom. The van der Waals surface area contributed by atoms with Crippen molar-refractivity contribution < 1.29 is 5.11 Å². The van der Waals surface area contributed by atoms with E-state index in [2.05, 4.69) is 26.3 Å². The van der Waals surface area contributed by atoms with Gasteiger partial charge in [-0.2, -0.15) is 9.97 Å². The Morgan fingerprint density at radius 3 is 2.83 bits per heavy atom. The fourth-order valence-electron chi connectivity index (χ4n) is 3.62. The molecule has 0 unspecified atom stereocenters. The van der Waals surface area contributed by atoms with Crippen molar-refractivity contribution in [2.75, 3.05) is 17.7 Å². The molecule has 0 aromatic carbocycles. The third-order valence-electron chi connectivity index (χ3n) is 4.86. The number of hydrogen-bond acceptors (Lipinski definition) is 5. The number of anilines is 2. The standard InChI is InChI=1S/C16H21N6O/c17-16-20-14(19-11-3-1-2-4-11)13-15(21-16)22(9-18-13)12-6-5-10(7-12)8-23/h5-6,9-12H,1-4,7-8H2,(H3,17,19,20,21)/t10-,12+/m1/s1. The van der Waals surface area contributed by atoms with Crippen LogP contribution in [0.15, 0.2) is 18.5 Å². The second-order valence-corrected chi connectivity index (χ2v) is 6.49. The van der Waals surface area contributed by atoms with Crippen molar-refractivity contribution in [3.63, 3.8) is 0 Å². The summed E-state index contributed by atoms with van der Waals surface area (Å²) >= 11 is 0. The molecular formula is C16H21N6O. The Balaban J connectivity index is 1.68. The zero-order valence-electron chi connectivity index (χ0n) is 13.0. The number of allylic oxidation sites excluding steroid dienone is 1. The van der Waals surface area contributed by atoms with E-state index in [1.54, 1.807) is 6.33 Å². The third-order valence-corrected chi connectivity index (χ3v) is 4.86. The molecule has 2 aromatic heterocycles. The lowest BCUT2D eigenvalue weighted by atomic mass is 10.1. The third kappa shape index (κ3) is 2.65. The van der Waals surface area contributed by atoms with Crippen LogP contribution in [0.2, 0.25) is 0 Å². The second kappa shape index (κ2) is 5.81. The average Bonchev–Trinajstić information content (AvgIpc) is 3.26. The molecule has 1 fully saturated rings. The van der Waals surface area contributed by atoms with Gasteiger partial charge in [-0.1, -0.05) is 25.0 Å². The van der Waals surface area contributed by atoms with E-state index in [1.807, 2.05) is 10.6 Å². The number of hydrogen-bond donors (Lipinski definition) is 2. The molecule has 2 atom stereocenters. The summed E-state index contributed by atoms with van der Waals surface area (Å²) in [6, 6.07) is 0.557. The molecule has 2 aliphatic carbocycles. The van der Waals surface area contributed by atoms with Crippen molar-refractivity contribution in [2.45, 2.75) is 44.2 Å². The summed E-state index contributed by atoms with van der Waals surface area (Å²) in [5.41, 5.74) is 7.40. The molecular weight excluding hydrogens is 292 g/mol. The molecule has 1 radical (unpaired) electrons. The van der Waals surface area contributed by atoms with Crippen LogP contribution in [0.3, 0.4) is 0 Å². The summed E-state index contributed by atoms with van der Waals surface area (Å²) in [6.07, 6.45) is 11.4. The highest BCUT2D eigenvalue weighted by atomic mass is 16.3. The molecule has 7 heteroatoms. The minimum atomic E-state index is -0.0781. The first-order valence-electron chi connectivity index (χ1n) is 8.27. The summed E-state index contributed by atoms with van der Waals surface area (Å²) in [6.45, 7) is -0.0781. The zero-order chi connectivity index (χ0) is 15.8. The maximum Gasteiger partial charge on any atom is 0.224 e. The first-order chi connectivity index (χ1) is 11.2. The van der Waals surface area contributed by atoms with Gasteiger partial charge in [0.2, 0.25) is 5.95 Å². The first kappa shape index (κ1) is 14.4. The van der Waals surface area contributed by atoms with Gasteiger partial charge in [0.1, 0.15) is 0 Å². The van der Waals surface area contributed by atoms with Crippen LogP contribution in [0.25, 0.3) is 11.2 Å².